The lowest BCUT2D eigenvalue weighted by molar-refractivity contribution is 0.0717. The third-order valence-corrected chi connectivity index (χ3v) is 5.13. The molecule has 0 aliphatic heterocycles. The van der Waals surface area contributed by atoms with Crippen molar-refractivity contribution in [1.29, 1.82) is 5.41 Å². The Kier molecular flexibility index (Phi) is 4.78. The van der Waals surface area contributed by atoms with Crippen LogP contribution in [0.5, 0.6) is 0 Å². The van der Waals surface area contributed by atoms with Crippen molar-refractivity contribution in [3.63, 3.8) is 0 Å². The summed E-state index contributed by atoms with van der Waals surface area (Å²) >= 11 is 3.51. The number of halogens is 1. The first-order valence-corrected chi connectivity index (χ1v) is 8.61. The van der Waals surface area contributed by atoms with Crippen LogP contribution in [0.2, 0.25) is 0 Å². The van der Waals surface area contributed by atoms with E-state index in [4.69, 9.17) is 5.41 Å². The first-order valence-electron chi connectivity index (χ1n) is 7.82. The maximum Gasteiger partial charge on any atom is 0.252 e. The summed E-state index contributed by atoms with van der Waals surface area (Å²) in [6.45, 7) is 0. The molecule has 0 unspecified atom stereocenters. The van der Waals surface area contributed by atoms with Crippen molar-refractivity contribution in [2.24, 2.45) is 0 Å². The van der Waals surface area contributed by atoms with Crippen LogP contribution in [-0.2, 0) is 0 Å². The van der Waals surface area contributed by atoms with E-state index in [0.717, 1.165) is 40.9 Å². The summed E-state index contributed by atoms with van der Waals surface area (Å²) in [5.74, 6) is -0.235. The third kappa shape index (κ3) is 3.16. The smallest absolute Gasteiger partial charge is 0.252 e. The van der Waals surface area contributed by atoms with Gasteiger partial charge in [-0.25, -0.2) is 0 Å². The second kappa shape index (κ2) is 6.81. The van der Waals surface area contributed by atoms with Crippen LogP contribution in [0.3, 0.4) is 0 Å². The van der Waals surface area contributed by atoms with Crippen LogP contribution in [0.4, 0.5) is 0 Å². The Balaban J connectivity index is 1.98. The van der Waals surface area contributed by atoms with Gasteiger partial charge in [-0.2, -0.15) is 0 Å². The molecule has 0 heterocycles. The summed E-state index contributed by atoms with van der Waals surface area (Å²) in [5.41, 5.74) is 1.06. The predicted molar refractivity (Wildman–Crippen MR) is 95.3 cm³/mol. The largest absolute Gasteiger partial charge is 0.391 e. The van der Waals surface area contributed by atoms with Gasteiger partial charge in [-0.3, -0.25) is 4.79 Å². The van der Waals surface area contributed by atoms with E-state index in [0.29, 0.717) is 11.1 Å². The average molecular weight is 375 g/mol. The Bertz CT molecular complexity index is 760. The number of hydrogen-bond donors (Lipinski definition) is 3. The molecule has 2 aromatic rings. The molecule has 0 bridgehead atoms. The number of carbonyl (C=O) groups excluding carboxylic acids is 1. The van der Waals surface area contributed by atoms with E-state index in [1.807, 2.05) is 24.3 Å². The molecule has 1 amide bonds. The van der Waals surface area contributed by atoms with Gasteiger partial charge in [0.2, 0.25) is 0 Å². The van der Waals surface area contributed by atoms with Crippen molar-refractivity contribution in [3.05, 3.63) is 45.9 Å². The van der Waals surface area contributed by atoms with E-state index in [9.17, 15) is 9.90 Å². The molecule has 2 aromatic carbocycles. The number of benzene rings is 2. The number of aliphatic hydroxyl groups excluding tert-OH is 1. The Morgan fingerprint density at radius 1 is 1.26 bits per heavy atom. The third-order valence-electron chi connectivity index (χ3n) is 4.47. The molecule has 3 rings (SSSR count). The van der Waals surface area contributed by atoms with Crippen LogP contribution in [0.15, 0.2) is 34.8 Å². The molecule has 1 fully saturated rings. The molecule has 120 valence electrons. The van der Waals surface area contributed by atoms with E-state index in [2.05, 4.69) is 21.2 Å². The second-order valence-corrected chi connectivity index (χ2v) is 6.80. The van der Waals surface area contributed by atoms with E-state index >= 15 is 0 Å². The fourth-order valence-electron chi connectivity index (χ4n) is 3.22. The minimum atomic E-state index is -0.486. The van der Waals surface area contributed by atoms with Gasteiger partial charge in [0.1, 0.15) is 0 Å². The fourth-order valence-corrected chi connectivity index (χ4v) is 3.80. The lowest BCUT2D eigenvalue weighted by atomic mass is 9.92. The number of fused-ring (bicyclic) bond motifs is 1. The SMILES string of the molecule is N=Cc1c(C(=O)N[C@H]2CCCC[C@@H]2O)cc(Br)c2ccccc12. The lowest BCUT2D eigenvalue weighted by Gasteiger charge is -2.28. The number of nitrogens with one attached hydrogen (secondary N) is 2. The van der Waals surface area contributed by atoms with Gasteiger partial charge in [0.15, 0.2) is 0 Å². The van der Waals surface area contributed by atoms with Crippen molar-refractivity contribution in [3.8, 4) is 0 Å². The van der Waals surface area contributed by atoms with Crippen LogP contribution < -0.4 is 5.32 Å². The molecule has 1 aliphatic rings. The minimum absolute atomic E-state index is 0.208. The number of rotatable bonds is 3. The summed E-state index contributed by atoms with van der Waals surface area (Å²) in [7, 11) is 0. The van der Waals surface area contributed by atoms with Crippen molar-refractivity contribution in [1.82, 2.24) is 5.32 Å². The van der Waals surface area contributed by atoms with Gasteiger partial charge in [-0.15, -0.1) is 0 Å². The Labute approximate surface area is 143 Å². The molecule has 1 aliphatic carbocycles. The standard InChI is InChI=1S/C18H19BrN2O2/c19-15-9-13(14(10-20)11-5-1-2-6-12(11)15)18(23)21-16-7-3-4-8-17(16)22/h1-2,5-6,9-10,16-17,20,22H,3-4,7-8H2,(H,21,23)/t16-,17-/m0/s1. The van der Waals surface area contributed by atoms with Crippen LogP contribution in [0.25, 0.3) is 10.8 Å². The molecular weight excluding hydrogens is 356 g/mol. The quantitative estimate of drug-likeness (QED) is 0.717. The number of carbonyl (C=O) groups is 1. The average Bonchev–Trinajstić information content (AvgIpc) is 2.57. The van der Waals surface area contributed by atoms with Gasteiger partial charge in [-0.1, -0.05) is 53.0 Å². The van der Waals surface area contributed by atoms with E-state index < -0.39 is 6.10 Å². The number of hydrogen-bond acceptors (Lipinski definition) is 3. The summed E-state index contributed by atoms with van der Waals surface area (Å²) < 4.78 is 0.827. The van der Waals surface area contributed by atoms with Crippen molar-refractivity contribution in [2.75, 3.05) is 0 Å². The van der Waals surface area contributed by atoms with Gasteiger partial charge in [0, 0.05) is 21.8 Å². The lowest BCUT2D eigenvalue weighted by Crippen LogP contribution is -2.45. The summed E-state index contributed by atoms with van der Waals surface area (Å²) in [6.07, 6.45) is 4.27. The van der Waals surface area contributed by atoms with Gasteiger partial charge in [0.05, 0.1) is 12.1 Å². The maximum atomic E-state index is 12.7. The predicted octanol–water partition coefficient (Wildman–Crippen LogP) is 3.63. The maximum absolute atomic E-state index is 12.7. The topological polar surface area (TPSA) is 73.2 Å². The first-order chi connectivity index (χ1) is 11.1. The zero-order chi connectivity index (χ0) is 16.4. The molecule has 0 aromatic heterocycles. The second-order valence-electron chi connectivity index (χ2n) is 5.94. The highest BCUT2D eigenvalue weighted by atomic mass is 79.9. The van der Waals surface area contributed by atoms with E-state index in [1.54, 1.807) is 6.07 Å². The van der Waals surface area contributed by atoms with Gasteiger partial charge >= 0.3 is 0 Å². The molecule has 5 heteroatoms. The molecule has 23 heavy (non-hydrogen) atoms. The molecule has 3 N–H and O–H groups in total. The Morgan fingerprint density at radius 2 is 1.96 bits per heavy atom. The number of amides is 1. The highest BCUT2D eigenvalue weighted by Crippen LogP contribution is 2.29. The zero-order valence-electron chi connectivity index (χ0n) is 12.7. The van der Waals surface area contributed by atoms with Crippen LogP contribution in [0.1, 0.15) is 41.6 Å². The monoisotopic (exact) mass is 374 g/mol. The van der Waals surface area contributed by atoms with E-state index in [-0.39, 0.29) is 11.9 Å². The van der Waals surface area contributed by atoms with Crippen molar-refractivity contribution in [2.45, 2.75) is 37.8 Å². The van der Waals surface area contributed by atoms with Crippen LogP contribution >= 0.6 is 15.9 Å². The zero-order valence-corrected chi connectivity index (χ0v) is 14.3. The molecular formula is C18H19BrN2O2. The number of aliphatic hydroxyl groups is 1. The minimum Gasteiger partial charge on any atom is -0.391 e. The molecule has 4 nitrogen and oxygen atoms in total. The highest BCUT2D eigenvalue weighted by Gasteiger charge is 2.26. The van der Waals surface area contributed by atoms with E-state index in [1.165, 1.54) is 6.21 Å². The highest BCUT2D eigenvalue weighted by molar-refractivity contribution is 9.10. The van der Waals surface area contributed by atoms with Gasteiger partial charge in [0.25, 0.3) is 5.91 Å². The van der Waals surface area contributed by atoms with Crippen LogP contribution in [-0.4, -0.2) is 29.4 Å². The Morgan fingerprint density at radius 3 is 2.65 bits per heavy atom. The summed E-state index contributed by atoms with van der Waals surface area (Å²) in [4.78, 5) is 12.7. The first kappa shape index (κ1) is 16.1. The molecule has 0 radical (unpaired) electrons. The molecule has 1 saturated carbocycles. The molecule has 2 atom stereocenters. The van der Waals surface area contributed by atoms with Crippen molar-refractivity contribution >= 4 is 38.8 Å². The summed E-state index contributed by atoms with van der Waals surface area (Å²) in [6, 6.07) is 9.24. The van der Waals surface area contributed by atoms with Crippen LogP contribution in [0, 0.1) is 5.41 Å². The summed E-state index contributed by atoms with van der Waals surface area (Å²) in [5, 5.41) is 22.5. The Hall–Kier alpha value is -1.72. The fraction of sp³-hybridized carbons (Fsp3) is 0.333. The molecule has 0 saturated heterocycles. The molecule has 0 spiro atoms. The van der Waals surface area contributed by atoms with Gasteiger partial charge < -0.3 is 15.8 Å². The van der Waals surface area contributed by atoms with Crippen molar-refractivity contribution < 1.29 is 9.90 Å². The normalized spacial score (nSPS) is 21.1. The van der Waals surface area contributed by atoms with Gasteiger partial charge in [-0.05, 0) is 29.7 Å².